The molecule has 0 atom stereocenters. The number of para-hydroxylation sites is 2. The first-order chi connectivity index (χ1) is 13.1. The third-order valence-corrected chi connectivity index (χ3v) is 4.00. The highest BCUT2D eigenvalue weighted by Gasteiger charge is 2.11. The molecule has 0 aliphatic rings. The zero-order valence-electron chi connectivity index (χ0n) is 14.9. The number of aromatic nitrogens is 1. The smallest absolute Gasteiger partial charge is 0.325 e. The number of hydrazone groups is 1. The van der Waals surface area contributed by atoms with Crippen LogP contribution >= 0.6 is 0 Å². The van der Waals surface area contributed by atoms with E-state index < -0.39 is 0 Å². The van der Waals surface area contributed by atoms with Crippen molar-refractivity contribution in [1.29, 1.82) is 0 Å². The molecule has 0 bridgehead atoms. The molecule has 138 valence electrons. The molecule has 3 N–H and O–H groups in total. The van der Waals surface area contributed by atoms with Crippen LogP contribution in [0.3, 0.4) is 0 Å². The van der Waals surface area contributed by atoms with Crippen molar-refractivity contribution in [2.45, 2.75) is 13.5 Å². The summed E-state index contributed by atoms with van der Waals surface area (Å²) in [5, 5.41) is 4.94. The molecule has 0 spiro atoms. The van der Waals surface area contributed by atoms with E-state index in [-0.39, 0.29) is 18.4 Å². The quantitative estimate of drug-likeness (QED) is 0.304. The molecular weight excluding hydrogens is 344 g/mol. The Labute approximate surface area is 156 Å². The monoisotopic (exact) mass is 364 g/mol. The average Bonchev–Trinajstić information content (AvgIpc) is 3.00. The summed E-state index contributed by atoms with van der Waals surface area (Å²) in [5.41, 5.74) is 10.7. The molecule has 3 aromatic rings. The van der Waals surface area contributed by atoms with Gasteiger partial charge in [0.2, 0.25) is 0 Å². The minimum atomic E-state index is -0.389. The number of nitrogen functional groups attached to an aromatic ring is 1. The topological polar surface area (TPSA) is 98.7 Å². The van der Waals surface area contributed by atoms with Gasteiger partial charge in [0, 0.05) is 28.4 Å². The molecule has 1 heterocycles. The number of esters is 1. The van der Waals surface area contributed by atoms with E-state index >= 15 is 0 Å². The lowest BCUT2D eigenvalue weighted by Crippen LogP contribution is -2.19. The predicted octanol–water partition coefficient (Wildman–Crippen LogP) is 2.55. The molecule has 27 heavy (non-hydrogen) atoms. The average molecular weight is 364 g/mol. The van der Waals surface area contributed by atoms with E-state index in [1.54, 1.807) is 48.2 Å². The third-order valence-electron chi connectivity index (χ3n) is 4.00. The van der Waals surface area contributed by atoms with Crippen LogP contribution in [0.5, 0.6) is 0 Å². The molecule has 0 saturated carbocycles. The number of nitrogens with one attached hydrogen (secondary N) is 1. The van der Waals surface area contributed by atoms with E-state index in [4.69, 9.17) is 10.5 Å². The molecule has 0 aliphatic heterocycles. The molecule has 0 radical (unpaired) electrons. The second-order valence-corrected chi connectivity index (χ2v) is 5.82. The van der Waals surface area contributed by atoms with E-state index in [2.05, 4.69) is 10.5 Å². The summed E-state index contributed by atoms with van der Waals surface area (Å²) in [6, 6.07) is 14.4. The van der Waals surface area contributed by atoms with Crippen LogP contribution in [0.25, 0.3) is 10.9 Å². The first-order valence-corrected chi connectivity index (χ1v) is 8.51. The maximum atomic E-state index is 12.2. The number of fused-ring (bicyclic) bond motifs is 1. The Morgan fingerprint density at radius 3 is 2.70 bits per heavy atom. The number of hydrogen-bond acceptors (Lipinski definition) is 5. The van der Waals surface area contributed by atoms with Gasteiger partial charge in [-0.3, -0.25) is 9.59 Å². The summed E-state index contributed by atoms with van der Waals surface area (Å²) in [5.74, 6) is -0.700. The van der Waals surface area contributed by atoms with Gasteiger partial charge >= 0.3 is 5.97 Å². The predicted molar refractivity (Wildman–Crippen MR) is 104 cm³/mol. The maximum Gasteiger partial charge on any atom is 0.325 e. The number of carbonyl (C=O) groups excluding carboxylic acids is 2. The minimum absolute atomic E-state index is 0.106. The number of hydrogen-bond donors (Lipinski definition) is 2. The molecule has 0 unspecified atom stereocenters. The van der Waals surface area contributed by atoms with Crippen molar-refractivity contribution in [1.82, 2.24) is 9.99 Å². The Bertz CT molecular complexity index is 1010. The minimum Gasteiger partial charge on any atom is -0.465 e. The van der Waals surface area contributed by atoms with Crippen LogP contribution in [0, 0.1) is 0 Å². The summed E-state index contributed by atoms with van der Waals surface area (Å²) in [7, 11) is 0. The number of anilines is 1. The Balaban J connectivity index is 1.80. The van der Waals surface area contributed by atoms with Gasteiger partial charge in [-0.1, -0.05) is 30.3 Å². The van der Waals surface area contributed by atoms with Crippen LogP contribution in [0.4, 0.5) is 5.69 Å². The van der Waals surface area contributed by atoms with Gasteiger partial charge in [-0.25, -0.2) is 5.43 Å². The van der Waals surface area contributed by atoms with Crippen molar-refractivity contribution in [2.75, 3.05) is 12.3 Å². The fourth-order valence-corrected chi connectivity index (χ4v) is 2.78. The second-order valence-electron chi connectivity index (χ2n) is 5.82. The Morgan fingerprint density at radius 2 is 1.93 bits per heavy atom. The van der Waals surface area contributed by atoms with Crippen molar-refractivity contribution < 1.29 is 14.3 Å². The lowest BCUT2D eigenvalue weighted by Gasteiger charge is -2.04. The highest BCUT2D eigenvalue weighted by atomic mass is 16.5. The van der Waals surface area contributed by atoms with E-state index in [9.17, 15) is 9.59 Å². The number of ether oxygens (including phenoxy) is 1. The molecule has 1 amide bonds. The highest BCUT2D eigenvalue weighted by molar-refractivity contribution is 6.02. The number of carbonyl (C=O) groups is 2. The third kappa shape index (κ3) is 4.14. The summed E-state index contributed by atoms with van der Waals surface area (Å²) < 4.78 is 6.81. The lowest BCUT2D eigenvalue weighted by atomic mass is 10.2. The number of nitrogens with two attached hydrogens (primary N) is 1. The second kappa shape index (κ2) is 8.18. The molecule has 7 nitrogen and oxygen atoms in total. The van der Waals surface area contributed by atoms with Crippen LogP contribution in [0.15, 0.2) is 59.8 Å². The van der Waals surface area contributed by atoms with Crippen molar-refractivity contribution in [3.63, 3.8) is 0 Å². The van der Waals surface area contributed by atoms with Crippen LogP contribution < -0.4 is 11.2 Å². The Morgan fingerprint density at radius 1 is 1.19 bits per heavy atom. The SMILES string of the molecule is CCOC(=O)Cn1cc(/C=N/NC(=O)c2ccccc2N)c2ccccc21. The summed E-state index contributed by atoms with van der Waals surface area (Å²) >= 11 is 0. The standard InChI is InChI=1S/C20H20N4O3/c1-2-27-19(25)13-24-12-14(15-7-4-6-10-18(15)24)11-22-23-20(26)16-8-3-5-9-17(16)21/h3-12H,2,13,21H2,1H3,(H,23,26)/b22-11+. The largest absolute Gasteiger partial charge is 0.465 e. The van der Waals surface area contributed by atoms with Gasteiger partial charge in [0.15, 0.2) is 0 Å². The van der Waals surface area contributed by atoms with Gasteiger partial charge in [-0.05, 0) is 25.1 Å². The zero-order valence-corrected chi connectivity index (χ0v) is 14.9. The van der Waals surface area contributed by atoms with Gasteiger partial charge in [-0.2, -0.15) is 5.10 Å². The number of nitrogens with zero attached hydrogens (tertiary/aromatic N) is 2. The summed E-state index contributed by atoms with van der Waals surface area (Å²) in [6.07, 6.45) is 3.34. The van der Waals surface area contributed by atoms with Gasteiger partial charge in [0.05, 0.1) is 18.4 Å². The van der Waals surface area contributed by atoms with Gasteiger partial charge < -0.3 is 15.0 Å². The van der Waals surface area contributed by atoms with E-state index in [1.807, 2.05) is 24.3 Å². The molecule has 3 rings (SSSR count). The van der Waals surface area contributed by atoms with Gasteiger partial charge in [-0.15, -0.1) is 0 Å². The fraction of sp³-hybridized carbons (Fsp3) is 0.150. The normalized spacial score (nSPS) is 11.0. The van der Waals surface area contributed by atoms with Gasteiger partial charge in [0.25, 0.3) is 5.91 Å². The Kier molecular flexibility index (Phi) is 5.51. The molecule has 2 aromatic carbocycles. The summed E-state index contributed by atoms with van der Waals surface area (Å²) in [6.45, 7) is 2.21. The van der Waals surface area contributed by atoms with E-state index in [1.165, 1.54) is 0 Å². The van der Waals surface area contributed by atoms with E-state index in [0.717, 1.165) is 16.5 Å². The van der Waals surface area contributed by atoms with Crippen molar-refractivity contribution in [3.8, 4) is 0 Å². The highest BCUT2D eigenvalue weighted by Crippen LogP contribution is 2.20. The molecule has 0 aliphatic carbocycles. The van der Waals surface area contributed by atoms with Gasteiger partial charge in [0.1, 0.15) is 6.54 Å². The lowest BCUT2D eigenvalue weighted by molar-refractivity contribution is -0.143. The van der Waals surface area contributed by atoms with E-state index in [0.29, 0.717) is 17.9 Å². The Hall–Kier alpha value is -3.61. The van der Waals surface area contributed by atoms with Crippen LogP contribution in [-0.4, -0.2) is 29.3 Å². The molecule has 1 aromatic heterocycles. The first kappa shape index (κ1) is 18.2. The zero-order chi connectivity index (χ0) is 19.2. The van der Waals surface area contributed by atoms with Crippen molar-refractivity contribution in [3.05, 3.63) is 65.9 Å². The number of amides is 1. The van der Waals surface area contributed by atoms with Crippen LogP contribution in [0.1, 0.15) is 22.8 Å². The fourth-order valence-electron chi connectivity index (χ4n) is 2.78. The van der Waals surface area contributed by atoms with Crippen molar-refractivity contribution >= 4 is 34.7 Å². The van der Waals surface area contributed by atoms with Crippen molar-refractivity contribution in [2.24, 2.45) is 5.10 Å². The molecule has 0 fully saturated rings. The molecule has 0 saturated heterocycles. The molecular formula is C20H20N4O3. The summed E-state index contributed by atoms with van der Waals surface area (Å²) in [4.78, 5) is 24.0. The van der Waals surface area contributed by atoms with Crippen LogP contribution in [0.2, 0.25) is 0 Å². The molecule has 7 heteroatoms. The maximum absolute atomic E-state index is 12.2. The number of benzene rings is 2. The first-order valence-electron chi connectivity index (χ1n) is 8.51. The number of rotatable bonds is 6. The van der Waals surface area contributed by atoms with Crippen LogP contribution in [-0.2, 0) is 16.1 Å².